The molecule has 0 aliphatic heterocycles. The van der Waals surface area contributed by atoms with Crippen LogP contribution in [0.15, 0.2) is 48.5 Å². The number of nitrogens with one attached hydrogen (secondary N) is 2. The van der Waals surface area contributed by atoms with Gasteiger partial charge in [0.15, 0.2) is 0 Å². The van der Waals surface area contributed by atoms with Crippen molar-refractivity contribution in [2.75, 3.05) is 12.4 Å². The van der Waals surface area contributed by atoms with Crippen LogP contribution in [0.3, 0.4) is 0 Å². The van der Waals surface area contributed by atoms with E-state index in [1.807, 2.05) is 13.8 Å². The third-order valence-electron chi connectivity index (χ3n) is 3.68. The molecule has 0 bridgehead atoms. The van der Waals surface area contributed by atoms with E-state index in [0.29, 0.717) is 17.0 Å². The molecule has 0 saturated carbocycles. The van der Waals surface area contributed by atoms with Gasteiger partial charge in [-0.15, -0.1) is 0 Å². The van der Waals surface area contributed by atoms with E-state index in [2.05, 4.69) is 10.6 Å². The Bertz CT molecular complexity index is 745. The van der Waals surface area contributed by atoms with Gasteiger partial charge in [0.2, 0.25) is 5.91 Å². The van der Waals surface area contributed by atoms with E-state index >= 15 is 0 Å². The van der Waals surface area contributed by atoms with Gasteiger partial charge in [-0.05, 0) is 48.4 Å². The minimum Gasteiger partial charge on any atom is -0.497 e. The predicted molar refractivity (Wildman–Crippen MR) is 94.1 cm³/mol. The van der Waals surface area contributed by atoms with E-state index in [-0.39, 0.29) is 11.8 Å². The standard InChI is InChI=1S/C19H21FN2O3/c1-12(2)17(19(24)21-15-6-4-5-14(20)11-15)22-18(23)13-7-9-16(25-3)10-8-13/h4-12,17H,1-3H3,(H,21,24)(H,22,23). The first-order valence-electron chi connectivity index (χ1n) is 7.92. The van der Waals surface area contributed by atoms with Gasteiger partial charge in [-0.25, -0.2) is 4.39 Å². The minimum atomic E-state index is -0.752. The summed E-state index contributed by atoms with van der Waals surface area (Å²) in [4.78, 5) is 24.8. The van der Waals surface area contributed by atoms with Crippen LogP contribution in [0.25, 0.3) is 0 Å². The monoisotopic (exact) mass is 344 g/mol. The summed E-state index contributed by atoms with van der Waals surface area (Å²) in [5, 5.41) is 5.34. The number of benzene rings is 2. The molecule has 5 nitrogen and oxygen atoms in total. The minimum absolute atomic E-state index is 0.143. The quantitative estimate of drug-likeness (QED) is 0.845. The number of hydrogen-bond donors (Lipinski definition) is 2. The molecule has 25 heavy (non-hydrogen) atoms. The second-order valence-electron chi connectivity index (χ2n) is 5.92. The Hall–Kier alpha value is -2.89. The molecular weight excluding hydrogens is 323 g/mol. The van der Waals surface area contributed by atoms with Crippen LogP contribution in [0.5, 0.6) is 5.75 Å². The first-order chi connectivity index (χ1) is 11.9. The maximum absolute atomic E-state index is 13.2. The molecule has 0 heterocycles. The number of ether oxygens (including phenoxy) is 1. The summed E-state index contributed by atoms with van der Waals surface area (Å²) in [6.07, 6.45) is 0. The highest BCUT2D eigenvalue weighted by atomic mass is 19.1. The number of hydrogen-bond acceptors (Lipinski definition) is 3. The summed E-state index contributed by atoms with van der Waals surface area (Å²) in [7, 11) is 1.54. The summed E-state index contributed by atoms with van der Waals surface area (Å²) in [6.45, 7) is 3.65. The summed E-state index contributed by atoms with van der Waals surface area (Å²) >= 11 is 0. The summed E-state index contributed by atoms with van der Waals surface area (Å²) in [5.41, 5.74) is 0.763. The summed E-state index contributed by atoms with van der Waals surface area (Å²) < 4.78 is 18.3. The molecule has 2 aromatic carbocycles. The normalized spacial score (nSPS) is 11.7. The lowest BCUT2D eigenvalue weighted by atomic mass is 10.0. The molecule has 0 aliphatic carbocycles. The molecule has 0 aliphatic rings. The maximum atomic E-state index is 13.2. The second kappa shape index (κ2) is 8.28. The predicted octanol–water partition coefficient (Wildman–Crippen LogP) is 3.23. The maximum Gasteiger partial charge on any atom is 0.251 e. The molecule has 0 aromatic heterocycles. The molecule has 2 aromatic rings. The molecule has 2 rings (SSSR count). The topological polar surface area (TPSA) is 67.4 Å². The van der Waals surface area contributed by atoms with Crippen molar-refractivity contribution in [2.24, 2.45) is 5.92 Å². The Morgan fingerprint density at radius 2 is 1.76 bits per heavy atom. The lowest BCUT2D eigenvalue weighted by molar-refractivity contribution is -0.118. The highest BCUT2D eigenvalue weighted by Crippen LogP contribution is 2.14. The Kier molecular flexibility index (Phi) is 6.11. The van der Waals surface area contributed by atoms with Gasteiger partial charge in [0.05, 0.1) is 7.11 Å². The molecule has 0 fully saturated rings. The third-order valence-corrected chi connectivity index (χ3v) is 3.68. The van der Waals surface area contributed by atoms with Crippen molar-refractivity contribution in [2.45, 2.75) is 19.9 Å². The Morgan fingerprint density at radius 3 is 2.32 bits per heavy atom. The van der Waals surface area contributed by atoms with Crippen molar-refractivity contribution < 1.29 is 18.7 Å². The number of anilines is 1. The fraction of sp³-hybridized carbons (Fsp3) is 0.263. The van der Waals surface area contributed by atoms with E-state index in [1.165, 1.54) is 18.2 Å². The van der Waals surface area contributed by atoms with E-state index < -0.39 is 17.8 Å². The molecule has 6 heteroatoms. The van der Waals surface area contributed by atoms with Gasteiger partial charge in [0, 0.05) is 11.3 Å². The molecule has 0 radical (unpaired) electrons. The van der Waals surface area contributed by atoms with Crippen LogP contribution in [0, 0.1) is 11.7 Å². The Morgan fingerprint density at radius 1 is 1.08 bits per heavy atom. The number of amides is 2. The lowest BCUT2D eigenvalue weighted by Gasteiger charge is -2.22. The second-order valence-corrected chi connectivity index (χ2v) is 5.92. The van der Waals surface area contributed by atoms with Crippen molar-refractivity contribution in [1.82, 2.24) is 5.32 Å². The number of rotatable bonds is 6. The van der Waals surface area contributed by atoms with Crippen molar-refractivity contribution in [3.05, 3.63) is 59.9 Å². The fourth-order valence-corrected chi connectivity index (χ4v) is 2.29. The summed E-state index contributed by atoms with van der Waals surface area (Å²) in [6, 6.07) is 11.4. The third kappa shape index (κ3) is 5.04. The van der Waals surface area contributed by atoms with Crippen molar-refractivity contribution in [3.8, 4) is 5.75 Å². The van der Waals surface area contributed by atoms with Crippen molar-refractivity contribution in [1.29, 1.82) is 0 Å². The molecule has 0 saturated heterocycles. The lowest BCUT2D eigenvalue weighted by Crippen LogP contribution is -2.47. The average Bonchev–Trinajstić information content (AvgIpc) is 2.59. The van der Waals surface area contributed by atoms with E-state index in [9.17, 15) is 14.0 Å². The zero-order valence-corrected chi connectivity index (χ0v) is 14.4. The van der Waals surface area contributed by atoms with Gasteiger partial charge in [-0.2, -0.15) is 0 Å². The number of carbonyl (C=O) groups excluding carboxylic acids is 2. The molecular formula is C19H21FN2O3. The van der Waals surface area contributed by atoms with E-state index in [0.717, 1.165) is 0 Å². The van der Waals surface area contributed by atoms with Crippen molar-refractivity contribution in [3.63, 3.8) is 0 Å². The van der Waals surface area contributed by atoms with E-state index in [1.54, 1.807) is 37.4 Å². The first-order valence-corrected chi connectivity index (χ1v) is 7.92. The average molecular weight is 344 g/mol. The van der Waals surface area contributed by atoms with Crippen LogP contribution in [0.2, 0.25) is 0 Å². The molecule has 1 atom stereocenters. The molecule has 0 spiro atoms. The Labute approximate surface area is 146 Å². The summed E-state index contributed by atoms with van der Waals surface area (Å²) in [5.74, 6) is -0.712. The van der Waals surface area contributed by atoms with Crippen LogP contribution < -0.4 is 15.4 Å². The van der Waals surface area contributed by atoms with Crippen LogP contribution in [0.4, 0.5) is 10.1 Å². The molecule has 2 N–H and O–H groups in total. The number of halogens is 1. The van der Waals surface area contributed by atoms with E-state index in [4.69, 9.17) is 4.74 Å². The van der Waals surface area contributed by atoms with Crippen LogP contribution in [-0.4, -0.2) is 25.0 Å². The van der Waals surface area contributed by atoms with Crippen molar-refractivity contribution >= 4 is 17.5 Å². The molecule has 132 valence electrons. The molecule has 2 amide bonds. The van der Waals surface area contributed by atoms with Gasteiger partial charge in [-0.3, -0.25) is 9.59 Å². The zero-order chi connectivity index (χ0) is 18.4. The highest BCUT2D eigenvalue weighted by Gasteiger charge is 2.25. The van der Waals surface area contributed by atoms with Crippen LogP contribution in [-0.2, 0) is 4.79 Å². The van der Waals surface area contributed by atoms with Gasteiger partial charge in [0.1, 0.15) is 17.6 Å². The van der Waals surface area contributed by atoms with Crippen LogP contribution in [0.1, 0.15) is 24.2 Å². The highest BCUT2D eigenvalue weighted by molar-refractivity contribution is 6.01. The van der Waals surface area contributed by atoms with Crippen LogP contribution >= 0.6 is 0 Å². The fourth-order valence-electron chi connectivity index (χ4n) is 2.29. The van der Waals surface area contributed by atoms with Gasteiger partial charge >= 0.3 is 0 Å². The molecule has 1 unspecified atom stereocenters. The SMILES string of the molecule is COc1ccc(C(=O)NC(C(=O)Nc2cccc(F)c2)C(C)C)cc1. The van der Waals surface area contributed by atoms with Gasteiger partial charge < -0.3 is 15.4 Å². The smallest absolute Gasteiger partial charge is 0.251 e. The first kappa shape index (κ1) is 18.4. The largest absolute Gasteiger partial charge is 0.497 e. The number of methoxy groups -OCH3 is 1. The number of carbonyl (C=O) groups is 2. The Balaban J connectivity index is 2.08. The van der Waals surface area contributed by atoms with Gasteiger partial charge in [0.25, 0.3) is 5.91 Å². The van der Waals surface area contributed by atoms with Gasteiger partial charge in [-0.1, -0.05) is 19.9 Å². The zero-order valence-electron chi connectivity index (χ0n) is 14.4.